The summed E-state index contributed by atoms with van der Waals surface area (Å²) in [7, 11) is 0. The Balaban J connectivity index is 1.59. The molecule has 0 bridgehead atoms. The fourth-order valence-electron chi connectivity index (χ4n) is 3.85. The maximum Gasteiger partial charge on any atom is 0.349 e. The summed E-state index contributed by atoms with van der Waals surface area (Å²) in [4.78, 5) is 25.3. The predicted octanol–water partition coefficient (Wildman–Crippen LogP) is 6.25. The van der Waals surface area contributed by atoms with Crippen LogP contribution in [0.5, 0.6) is 0 Å². The molecule has 0 saturated heterocycles. The Hall–Kier alpha value is -3.45. The number of aryl methyl sites for hydroxylation is 2. The van der Waals surface area contributed by atoms with Crippen LogP contribution < -0.4 is 10.2 Å². The Morgan fingerprint density at radius 3 is 2.52 bits per heavy atom. The Labute approximate surface area is 198 Å². The average molecular weight is 461 g/mol. The molecular weight excluding hydrogens is 432 g/mol. The van der Waals surface area contributed by atoms with Crippen LogP contribution >= 0.6 is 11.3 Å². The molecule has 0 aliphatic heterocycles. The summed E-state index contributed by atoms with van der Waals surface area (Å²) in [5.74, 6) is 0.347. The van der Waals surface area contributed by atoms with E-state index in [0.29, 0.717) is 10.7 Å². The Morgan fingerprint density at radius 2 is 1.82 bits per heavy atom. The van der Waals surface area contributed by atoms with Gasteiger partial charge in [-0.25, -0.2) is 14.8 Å². The normalized spacial score (nSPS) is 10.9. The first-order chi connectivity index (χ1) is 16.0. The number of benzene rings is 2. The van der Waals surface area contributed by atoms with Crippen LogP contribution in [-0.4, -0.2) is 29.0 Å². The predicted molar refractivity (Wildman–Crippen MR) is 136 cm³/mol. The lowest BCUT2D eigenvalue weighted by Crippen LogP contribution is -2.21. The lowest BCUT2D eigenvalue weighted by molar-refractivity contribution is 0.0478. The van der Waals surface area contributed by atoms with Crippen LogP contribution in [0.1, 0.15) is 40.2 Å². The molecule has 7 heteroatoms. The SMILES string of the molecule is CCN(CC)c1ccc(Nc2ncnc3sc(C(=O)OCc4ccccc4)c(C)c23)c(C)c1. The van der Waals surface area contributed by atoms with Crippen LogP contribution in [0.15, 0.2) is 54.9 Å². The van der Waals surface area contributed by atoms with E-state index in [9.17, 15) is 4.79 Å². The van der Waals surface area contributed by atoms with E-state index in [1.165, 1.54) is 23.4 Å². The van der Waals surface area contributed by atoms with E-state index in [-0.39, 0.29) is 12.6 Å². The van der Waals surface area contributed by atoms with Crippen LogP contribution in [0, 0.1) is 13.8 Å². The number of nitrogens with one attached hydrogen (secondary N) is 1. The summed E-state index contributed by atoms with van der Waals surface area (Å²) in [6, 6.07) is 16.0. The molecule has 0 spiro atoms. The topological polar surface area (TPSA) is 67.3 Å². The van der Waals surface area contributed by atoms with Gasteiger partial charge in [0.05, 0.1) is 5.39 Å². The van der Waals surface area contributed by atoms with Crippen LogP contribution in [0.25, 0.3) is 10.2 Å². The zero-order valence-electron chi connectivity index (χ0n) is 19.4. The van der Waals surface area contributed by atoms with Crippen molar-refractivity contribution < 1.29 is 9.53 Å². The summed E-state index contributed by atoms with van der Waals surface area (Å²) in [6.07, 6.45) is 1.53. The highest BCUT2D eigenvalue weighted by Crippen LogP contribution is 2.35. The molecule has 170 valence electrons. The standard InChI is InChI=1S/C26H28N4O2S/c1-5-30(6-2)20-12-13-21(17(3)14-20)29-24-22-18(4)23(33-25(22)28-16-27-24)26(31)32-15-19-10-8-7-9-11-19/h7-14,16H,5-6,15H2,1-4H3,(H,27,28,29). The summed E-state index contributed by atoms with van der Waals surface area (Å²) >= 11 is 1.34. The molecule has 0 aliphatic rings. The van der Waals surface area contributed by atoms with E-state index < -0.39 is 0 Å². The average Bonchev–Trinajstić information content (AvgIpc) is 3.18. The number of fused-ring (bicyclic) bond motifs is 1. The zero-order chi connectivity index (χ0) is 23.4. The number of thiophene rings is 1. The van der Waals surface area contributed by atoms with Crippen molar-refractivity contribution in [3.05, 3.63) is 76.4 Å². The van der Waals surface area contributed by atoms with Gasteiger partial charge in [0.15, 0.2) is 0 Å². The maximum atomic E-state index is 12.8. The molecule has 2 heterocycles. The van der Waals surface area contributed by atoms with Gasteiger partial charge >= 0.3 is 5.97 Å². The second-order valence-corrected chi connectivity index (χ2v) is 8.82. The van der Waals surface area contributed by atoms with Gasteiger partial charge in [0.25, 0.3) is 0 Å². The van der Waals surface area contributed by atoms with E-state index in [0.717, 1.165) is 45.7 Å². The summed E-state index contributed by atoms with van der Waals surface area (Å²) < 4.78 is 5.56. The van der Waals surface area contributed by atoms with Crippen molar-refractivity contribution >= 4 is 44.7 Å². The first-order valence-corrected chi connectivity index (χ1v) is 11.9. The first-order valence-electron chi connectivity index (χ1n) is 11.1. The van der Waals surface area contributed by atoms with Crippen molar-refractivity contribution in [2.75, 3.05) is 23.3 Å². The number of hydrogen-bond donors (Lipinski definition) is 1. The van der Waals surface area contributed by atoms with Crippen molar-refractivity contribution in [2.45, 2.75) is 34.3 Å². The largest absolute Gasteiger partial charge is 0.457 e. The van der Waals surface area contributed by atoms with Gasteiger partial charge < -0.3 is 15.0 Å². The van der Waals surface area contributed by atoms with E-state index in [1.807, 2.05) is 37.3 Å². The molecule has 0 saturated carbocycles. The van der Waals surface area contributed by atoms with Gasteiger partial charge in [-0.05, 0) is 62.6 Å². The smallest absolute Gasteiger partial charge is 0.349 e. The highest BCUT2D eigenvalue weighted by molar-refractivity contribution is 7.20. The van der Waals surface area contributed by atoms with E-state index >= 15 is 0 Å². The highest BCUT2D eigenvalue weighted by atomic mass is 32.1. The molecule has 6 nitrogen and oxygen atoms in total. The number of anilines is 3. The van der Waals surface area contributed by atoms with Gasteiger partial charge in [0, 0.05) is 24.5 Å². The lowest BCUT2D eigenvalue weighted by atomic mass is 10.1. The van der Waals surface area contributed by atoms with Crippen molar-refractivity contribution in [1.29, 1.82) is 0 Å². The molecule has 2 aromatic heterocycles. The van der Waals surface area contributed by atoms with Gasteiger partial charge in [-0.3, -0.25) is 0 Å². The van der Waals surface area contributed by atoms with E-state index in [4.69, 9.17) is 4.74 Å². The molecule has 4 aromatic rings. The molecule has 0 radical (unpaired) electrons. The summed E-state index contributed by atoms with van der Waals surface area (Å²) in [5, 5.41) is 4.30. The molecule has 4 rings (SSSR count). The molecule has 0 fully saturated rings. The second-order valence-electron chi connectivity index (χ2n) is 7.82. The third-order valence-corrected chi connectivity index (χ3v) is 6.90. The molecule has 0 aliphatic carbocycles. The van der Waals surface area contributed by atoms with Crippen LogP contribution in [0.4, 0.5) is 17.2 Å². The third-order valence-electron chi connectivity index (χ3n) is 5.72. The van der Waals surface area contributed by atoms with Gasteiger partial charge in [0.2, 0.25) is 0 Å². The number of esters is 1. The van der Waals surface area contributed by atoms with Crippen molar-refractivity contribution in [2.24, 2.45) is 0 Å². The Bertz CT molecular complexity index is 1270. The number of ether oxygens (including phenoxy) is 1. The minimum atomic E-state index is -0.343. The monoisotopic (exact) mass is 460 g/mol. The molecular formula is C26H28N4O2S. The first kappa shape index (κ1) is 22.7. The van der Waals surface area contributed by atoms with Gasteiger partial charge in [0.1, 0.15) is 28.5 Å². The quantitative estimate of drug-likeness (QED) is 0.313. The van der Waals surface area contributed by atoms with Crippen LogP contribution in [0.3, 0.4) is 0 Å². The number of aromatic nitrogens is 2. The Kier molecular flexibility index (Phi) is 6.89. The van der Waals surface area contributed by atoms with Gasteiger partial charge in [-0.15, -0.1) is 11.3 Å². The molecule has 0 amide bonds. The lowest BCUT2D eigenvalue weighted by Gasteiger charge is -2.22. The third kappa shape index (κ3) is 4.83. The van der Waals surface area contributed by atoms with Crippen molar-refractivity contribution in [3.63, 3.8) is 0 Å². The van der Waals surface area contributed by atoms with Gasteiger partial charge in [-0.2, -0.15) is 0 Å². The number of hydrogen-bond acceptors (Lipinski definition) is 7. The van der Waals surface area contributed by atoms with E-state index in [2.05, 4.69) is 59.2 Å². The maximum absolute atomic E-state index is 12.8. The van der Waals surface area contributed by atoms with E-state index in [1.54, 1.807) is 0 Å². The van der Waals surface area contributed by atoms with Crippen LogP contribution in [0.2, 0.25) is 0 Å². The van der Waals surface area contributed by atoms with Gasteiger partial charge in [-0.1, -0.05) is 30.3 Å². The molecule has 0 unspecified atom stereocenters. The molecule has 0 atom stereocenters. The summed E-state index contributed by atoms with van der Waals surface area (Å²) in [5.41, 5.74) is 5.08. The number of rotatable bonds is 8. The molecule has 33 heavy (non-hydrogen) atoms. The number of carbonyl (C=O) groups is 1. The van der Waals surface area contributed by atoms with Crippen molar-refractivity contribution in [1.82, 2.24) is 9.97 Å². The number of carbonyl (C=O) groups excluding carboxylic acids is 1. The fraction of sp³-hybridized carbons (Fsp3) is 0.269. The minimum absolute atomic E-state index is 0.238. The fourth-order valence-corrected chi connectivity index (χ4v) is 4.89. The number of nitrogens with zero attached hydrogens (tertiary/aromatic N) is 3. The van der Waals surface area contributed by atoms with Crippen LogP contribution in [-0.2, 0) is 11.3 Å². The Morgan fingerprint density at radius 1 is 1.06 bits per heavy atom. The molecule has 1 N–H and O–H groups in total. The van der Waals surface area contributed by atoms with Crippen molar-refractivity contribution in [3.8, 4) is 0 Å². The zero-order valence-corrected chi connectivity index (χ0v) is 20.2. The summed E-state index contributed by atoms with van der Waals surface area (Å²) in [6.45, 7) is 10.5. The minimum Gasteiger partial charge on any atom is -0.457 e. The highest BCUT2D eigenvalue weighted by Gasteiger charge is 2.21. The molecule has 2 aromatic carbocycles. The second kappa shape index (κ2) is 10.0.